The topological polar surface area (TPSA) is 40.6 Å². The summed E-state index contributed by atoms with van der Waals surface area (Å²) in [4.78, 5) is 29.1. The third-order valence-electron chi connectivity index (χ3n) is 5.95. The minimum Gasteiger partial charge on any atom is -0.339 e. The lowest BCUT2D eigenvalue weighted by atomic mass is 9.87. The van der Waals surface area contributed by atoms with Crippen LogP contribution in [-0.4, -0.2) is 47.8 Å². The van der Waals surface area contributed by atoms with E-state index in [-0.39, 0.29) is 11.8 Å². The Bertz CT molecular complexity index is 593. The fraction of sp³-hybridized carbons (Fsp3) is 0.579. The first-order valence-corrected chi connectivity index (χ1v) is 8.85. The van der Waals surface area contributed by atoms with Crippen LogP contribution in [0.4, 0.5) is 0 Å². The molecule has 0 spiro atoms. The van der Waals surface area contributed by atoms with Crippen LogP contribution in [0.15, 0.2) is 30.3 Å². The zero-order chi connectivity index (χ0) is 15.8. The summed E-state index contributed by atoms with van der Waals surface area (Å²) in [5.74, 6) is 2.14. The van der Waals surface area contributed by atoms with Gasteiger partial charge in [0.1, 0.15) is 0 Å². The molecule has 3 fully saturated rings. The number of benzene rings is 1. The maximum absolute atomic E-state index is 12.8. The van der Waals surface area contributed by atoms with Crippen LogP contribution >= 0.6 is 0 Å². The predicted molar refractivity (Wildman–Crippen MR) is 87.9 cm³/mol. The first-order valence-electron chi connectivity index (χ1n) is 8.85. The van der Waals surface area contributed by atoms with Gasteiger partial charge in [0.05, 0.1) is 0 Å². The van der Waals surface area contributed by atoms with Crippen molar-refractivity contribution >= 4 is 11.8 Å². The standard InChI is InChI=1S/C19H24N2O2/c22-18(15-4-2-1-3-5-15)20-8-10-21(11-9-20)19(23)17-13-14-6-7-16(17)12-14/h1-5,14,16-17H,6-13H2/t14-,16-,17+/m0/s1. The molecule has 0 radical (unpaired) electrons. The minimum atomic E-state index is 0.0811. The molecule has 0 aromatic heterocycles. The van der Waals surface area contributed by atoms with Crippen LogP contribution in [-0.2, 0) is 4.79 Å². The molecule has 4 rings (SSSR count). The Balaban J connectivity index is 1.34. The van der Waals surface area contributed by atoms with Gasteiger partial charge >= 0.3 is 0 Å². The molecular formula is C19H24N2O2. The van der Waals surface area contributed by atoms with Crippen molar-refractivity contribution < 1.29 is 9.59 Å². The third-order valence-corrected chi connectivity index (χ3v) is 5.95. The first-order chi connectivity index (χ1) is 11.2. The van der Waals surface area contributed by atoms with E-state index in [0.29, 0.717) is 38.0 Å². The van der Waals surface area contributed by atoms with Gasteiger partial charge in [0, 0.05) is 37.7 Å². The van der Waals surface area contributed by atoms with Gasteiger partial charge in [0.2, 0.25) is 5.91 Å². The molecule has 2 saturated carbocycles. The lowest BCUT2D eigenvalue weighted by Gasteiger charge is -2.37. The van der Waals surface area contributed by atoms with E-state index in [1.165, 1.54) is 19.3 Å². The summed E-state index contributed by atoms with van der Waals surface area (Å²) in [5, 5.41) is 0. The molecule has 4 nitrogen and oxygen atoms in total. The van der Waals surface area contributed by atoms with Crippen LogP contribution in [0.3, 0.4) is 0 Å². The highest BCUT2D eigenvalue weighted by Gasteiger charge is 2.44. The summed E-state index contributed by atoms with van der Waals surface area (Å²) in [5.41, 5.74) is 0.736. The van der Waals surface area contributed by atoms with Gasteiger partial charge in [-0.3, -0.25) is 9.59 Å². The van der Waals surface area contributed by atoms with E-state index < -0.39 is 0 Å². The number of fused-ring (bicyclic) bond motifs is 2. The molecule has 2 aliphatic carbocycles. The zero-order valence-corrected chi connectivity index (χ0v) is 13.5. The molecule has 3 atom stereocenters. The highest BCUT2D eigenvalue weighted by atomic mass is 16.2. The van der Waals surface area contributed by atoms with Gasteiger partial charge in [-0.2, -0.15) is 0 Å². The Morgan fingerprint density at radius 3 is 2.17 bits per heavy atom. The van der Waals surface area contributed by atoms with E-state index in [1.807, 2.05) is 40.1 Å². The quantitative estimate of drug-likeness (QED) is 0.841. The normalized spacial score (nSPS) is 29.8. The zero-order valence-electron chi connectivity index (χ0n) is 13.5. The van der Waals surface area contributed by atoms with Crippen molar-refractivity contribution in [3.05, 3.63) is 35.9 Å². The number of carbonyl (C=O) groups excluding carboxylic acids is 2. The van der Waals surface area contributed by atoms with E-state index in [9.17, 15) is 9.59 Å². The third kappa shape index (κ3) is 2.75. The Morgan fingerprint density at radius 2 is 1.57 bits per heavy atom. The molecule has 1 heterocycles. The molecule has 3 aliphatic rings. The molecule has 4 heteroatoms. The number of piperazine rings is 1. The van der Waals surface area contributed by atoms with Gasteiger partial charge in [0.15, 0.2) is 0 Å². The van der Waals surface area contributed by atoms with Crippen LogP contribution in [0.5, 0.6) is 0 Å². The van der Waals surface area contributed by atoms with Crippen LogP contribution in [0.1, 0.15) is 36.0 Å². The van der Waals surface area contributed by atoms with Crippen molar-refractivity contribution in [3.63, 3.8) is 0 Å². The Labute approximate surface area is 137 Å². The summed E-state index contributed by atoms with van der Waals surface area (Å²) in [7, 11) is 0. The van der Waals surface area contributed by atoms with Crippen molar-refractivity contribution in [3.8, 4) is 0 Å². The summed E-state index contributed by atoms with van der Waals surface area (Å²) >= 11 is 0. The fourth-order valence-corrected chi connectivity index (χ4v) is 4.67. The van der Waals surface area contributed by atoms with Crippen LogP contribution in [0.2, 0.25) is 0 Å². The predicted octanol–water partition coefficient (Wildman–Crippen LogP) is 2.41. The van der Waals surface area contributed by atoms with Crippen molar-refractivity contribution in [1.29, 1.82) is 0 Å². The first kappa shape index (κ1) is 14.7. The molecule has 1 aliphatic heterocycles. The second-order valence-electron chi connectivity index (χ2n) is 7.26. The van der Waals surface area contributed by atoms with Crippen LogP contribution in [0.25, 0.3) is 0 Å². The lowest BCUT2D eigenvalue weighted by molar-refractivity contribution is -0.138. The molecule has 1 aromatic rings. The van der Waals surface area contributed by atoms with Gasteiger partial charge in [-0.15, -0.1) is 0 Å². The van der Waals surface area contributed by atoms with E-state index >= 15 is 0 Å². The van der Waals surface area contributed by atoms with Crippen molar-refractivity contribution in [2.75, 3.05) is 26.2 Å². The fourth-order valence-electron chi connectivity index (χ4n) is 4.67. The average Bonchev–Trinajstić information content (AvgIpc) is 3.25. The maximum Gasteiger partial charge on any atom is 0.253 e. The Hall–Kier alpha value is -1.84. The maximum atomic E-state index is 12.8. The number of amides is 2. The highest BCUT2D eigenvalue weighted by molar-refractivity contribution is 5.94. The summed E-state index contributed by atoms with van der Waals surface area (Å²) in [6.45, 7) is 2.68. The SMILES string of the molecule is O=C(c1ccccc1)N1CCN(C(=O)[C@@H]2C[C@H]3CC[C@H]2C3)CC1. The van der Waals surface area contributed by atoms with Gasteiger partial charge in [-0.1, -0.05) is 24.6 Å². The molecule has 0 unspecified atom stereocenters. The average molecular weight is 312 g/mol. The molecule has 0 N–H and O–H groups in total. The van der Waals surface area contributed by atoms with Crippen LogP contribution < -0.4 is 0 Å². The minimum absolute atomic E-state index is 0.0811. The molecular weight excluding hydrogens is 288 g/mol. The second kappa shape index (κ2) is 5.99. The summed E-state index contributed by atoms with van der Waals surface area (Å²) in [6, 6.07) is 9.41. The van der Waals surface area contributed by atoms with Gasteiger partial charge in [-0.05, 0) is 43.2 Å². The second-order valence-corrected chi connectivity index (χ2v) is 7.26. The Morgan fingerprint density at radius 1 is 0.870 bits per heavy atom. The lowest BCUT2D eigenvalue weighted by Crippen LogP contribution is -2.52. The van der Waals surface area contributed by atoms with Crippen molar-refractivity contribution in [2.24, 2.45) is 17.8 Å². The van der Waals surface area contributed by atoms with E-state index in [4.69, 9.17) is 0 Å². The Kier molecular flexibility index (Phi) is 3.83. The smallest absolute Gasteiger partial charge is 0.253 e. The molecule has 23 heavy (non-hydrogen) atoms. The van der Waals surface area contributed by atoms with Gasteiger partial charge in [-0.25, -0.2) is 0 Å². The monoisotopic (exact) mass is 312 g/mol. The molecule has 2 bridgehead atoms. The molecule has 2 amide bonds. The number of hydrogen-bond donors (Lipinski definition) is 0. The van der Waals surface area contributed by atoms with E-state index in [2.05, 4.69) is 0 Å². The molecule has 122 valence electrons. The highest BCUT2D eigenvalue weighted by Crippen LogP contribution is 2.48. The van der Waals surface area contributed by atoms with E-state index in [0.717, 1.165) is 17.9 Å². The van der Waals surface area contributed by atoms with Gasteiger partial charge < -0.3 is 9.80 Å². The number of carbonyl (C=O) groups is 2. The summed E-state index contributed by atoms with van der Waals surface area (Å²) < 4.78 is 0. The largest absolute Gasteiger partial charge is 0.339 e. The van der Waals surface area contributed by atoms with Crippen molar-refractivity contribution in [1.82, 2.24) is 9.80 Å². The van der Waals surface area contributed by atoms with E-state index in [1.54, 1.807) is 0 Å². The molecule has 1 saturated heterocycles. The van der Waals surface area contributed by atoms with Gasteiger partial charge in [0.25, 0.3) is 5.91 Å². The number of hydrogen-bond acceptors (Lipinski definition) is 2. The van der Waals surface area contributed by atoms with Crippen LogP contribution in [0, 0.1) is 17.8 Å². The molecule has 1 aromatic carbocycles. The van der Waals surface area contributed by atoms with Crippen molar-refractivity contribution in [2.45, 2.75) is 25.7 Å². The summed E-state index contributed by atoms with van der Waals surface area (Å²) in [6.07, 6.45) is 4.94. The number of nitrogens with zero attached hydrogens (tertiary/aromatic N) is 2. The number of rotatable bonds is 2.